The van der Waals surface area contributed by atoms with Crippen molar-refractivity contribution in [3.05, 3.63) is 64.9 Å². The maximum atomic E-state index is 13.0. The van der Waals surface area contributed by atoms with Gasteiger partial charge in [0, 0.05) is 11.8 Å². The molecule has 0 saturated carbocycles. The van der Waals surface area contributed by atoms with Gasteiger partial charge in [0.05, 0.1) is 9.92 Å². The van der Waals surface area contributed by atoms with Crippen LogP contribution in [-0.4, -0.2) is 14.3 Å². The third-order valence-electron chi connectivity index (χ3n) is 2.82. The number of carbonyl (C=O) groups excluding carboxylic acids is 1. The normalized spacial score (nSPS) is 11.6. The van der Waals surface area contributed by atoms with Gasteiger partial charge in [0.25, 0.3) is 0 Å². The highest BCUT2D eigenvalue weighted by Gasteiger charge is 2.07. The van der Waals surface area contributed by atoms with Crippen LogP contribution in [0.3, 0.4) is 0 Å². The SMILES string of the molecule is NS(=O)(=O)c1ccc(NC(=O)/C=C/c2ccc(F)c(Cl)c2)cc1. The van der Waals surface area contributed by atoms with E-state index in [-0.39, 0.29) is 9.92 Å². The quantitative estimate of drug-likeness (QED) is 0.827. The molecule has 0 bridgehead atoms. The third kappa shape index (κ3) is 4.88. The first-order valence-electron chi connectivity index (χ1n) is 6.33. The van der Waals surface area contributed by atoms with Crippen molar-refractivity contribution in [2.45, 2.75) is 4.90 Å². The van der Waals surface area contributed by atoms with E-state index in [1.54, 1.807) is 0 Å². The van der Waals surface area contributed by atoms with Crippen molar-refractivity contribution < 1.29 is 17.6 Å². The maximum absolute atomic E-state index is 13.0. The summed E-state index contributed by atoms with van der Waals surface area (Å²) in [5.74, 6) is -0.975. The van der Waals surface area contributed by atoms with Crippen LogP contribution in [-0.2, 0) is 14.8 Å². The molecular weight excluding hydrogens is 343 g/mol. The molecule has 23 heavy (non-hydrogen) atoms. The number of sulfonamides is 1. The topological polar surface area (TPSA) is 89.3 Å². The first-order valence-corrected chi connectivity index (χ1v) is 8.25. The molecule has 120 valence electrons. The van der Waals surface area contributed by atoms with Gasteiger partial charge < -0.3 is 5.32 Å². The Hall–Kier alpha value is -2.22. The van der Waals surface area contributed by atoms with E-state index in [1.165, 1.54) is 54.6 Å². The minimum absolute atomic E-state index is 0.0360. The first kappa shape index (κ1) is 17.1. The Morgan fingerprint density at radius 3 is 2.39 bits per heavy atom. The van der Waals surface area contributed by atoms with E-state index < -0.39 is 21.7 Å². The number of rotatable bonds is 4. The van der Waals surface area contributed by atoms with Gasteiger partial charge in [-0.2, -0.15) is 0 Å². The second-order valence-electron chi connectivity index (χ2n) is 4.57. The van der Waals surface area contributed by atoms with Crippen LogP contribution in [0.2, 0.25) is 5.02 Å². The molecule has 0 atom stereocenters. The van der Waals surface area contributed by atoms with Crippen LogP contribution < -0.4 is 10.5 Å². The Kier molecular flexibility index (Phi) is 5.15. The minimum Gasteiger partial charge on any atom is -0.323 e. The van der Waals surface area contributed by atoms with Crippen molar-refractivity contribution in [3.63, 3.8) is 0 Å². The molecule has 0 fully saturated rings. The molecule has 0 aromatic heterocycles. The average molecular weight is 355 g/mol. The summed E-state index contributed by atoms with van der Waals surface area (Å²) in [4.78, 5) is 11.7. The van der Waals surface area contributed by atoms with E-state index in [0.717, 1.165) is 0 Å². The number of carbonyl (C=O) groups is 1. The number of halogens is 2. The van der Waals surface area contributed by atoms with Gasteiger partial charge in [-0.15, -0.1) is 0 Å². The summed E-state index contributed by atoms with van der Waals surface area (Å²) in [6.07, 6.45) is 2.72. The fourth-order valence-corrected chi connectivity index (χ4v) is 2.40. The Morgan fingerprint density at radius 2 is 1.83 bits per heavy atom. The lowest BCUT2D eigenvalue weighted by atomic mass is 10.2. The van der Waals surface area contributed by atoms with E-state index in [1.807, 2.05) is 0 Å². The van der Waals surface area contributed by atoms with Crippen molar-refractivity contribution >= 4 is 39.3 Å². The Balaban J connectivity index is 2.04. The van der Waals surface area contributed by atoms with Gasteiger partial charge in [-0.3, -0.25) is 4.79 Å². The standard InChI is InChI=1S/C15H12ClFN2O3S/c16-13-9-10(1-7-14(13)17)2-8-15(20)19-11-3-5-12(6-4-11)23(18,21)22/h1-9H,(H,19,20)(H2,18,21,22)/b8-2+. The van der Waals surface area contributed by atoms with Gasteiger partial charge >= 0.3 is 0 Å². The Morgan fingerprint density at radius 1 is 1.17 bits per heavy atom. The number of amides is 1. The largest absolute Gasteiger partial charge is 0.323 e. The molecule has 5 nitrogen and oxygen atoms in total. The average Bonchev–Trinajstić information content (AvgIpc) is 2.48. The molecule has 0 aliphatic heterocycles. The van der Waals surface area contributed by atoms with E-state index in [0.29, 0.717) is 11.3 Å². The molecule has 0 radical (unpaired) electrons. The monoisotopic (exact) mass is 354 g/mol. The second kappa shape index (κ2) is 6.91. The smallest absolute Gasteiger partial charge is 0.248 e. The lowest BCUT2D eigenvalue weighted by Gasteiger charge is -2.03. The molecule has 0 aliphatic carbocycles. The Labute approximate surface area is 137 Å². The van der Waals surface area contributed by atoms with Gasteiger partial charge in [-0.1, -0.05) is 17.7 Å². The number of hydrogen-bond donors (Lipinski definition) is 2. The zero-order valence-electron chi connectivity index (χ0n) is 11.7. The summed E-state index contributed by atoms with van der Waals surface area (Å²) < 4.78 is 35.3. The molecule has 2 aromatic rings. The van der Waals surface area contributed by atoms with E-state index >= 15 is 0 Å². The van der Waals surface area contributed by atoms with Crippen LogP contribution in [0.25, 0.3) is 6.08 Å². The molecular formula is C15H12ClFN2O3S. The van der Waals surface area contributed by atoms with Crippen LogP contribution in [0.4, 0.5) is 10.1 Å². The lowest BCUT2D eigenvalue weighted by molar-refractivity contribution is -0.111. The molecule has 2 aromatic carbocycles. The predicted molar refractivity (Wildman–Crippen MR) is 86.9 cm³/mol. The van der Waals surface area contributed by atoms with E-state index in [4.69, 9.17) is 16.7 Å². The van der Waals surface area contributed by atoms with Crippen molar-refractivity contribution in [3.8, 4) is 0 Å². The van der Waals surface area contributed by atoms with Gasteiger partial charge in [0.1, 0.15) is 5.82 Å². The summed E-state index contributed by atoms with van der Waals surface area (Å²) in [5, 5.41) is 7.49. The molecule has 8 heteroatoms. The second-order valence-corrected chi connectivity index (χ2v) is 6.53. The zero-order valence-corrected chi connectivity index (χ0v) is 13.2. The highest BCUT2D eigenvalue weighted by atomic mass is 35.5. The van der Waals surface area contributed by atoms with Crippen LogP contribution in [0, 0.1) is 5.82 Å². The number of benzene rings is 2. The van der Waals surface area contributed by atoms with Crippen molar-refractivity contribution in [1.29, 1.82) is 0 Å². The van der Waals surface area contributed by atoms with Crippen molar-refractivity contribution in [1.82, 2.24) is 0 Å². The van der Waals surface area contributed by atoms with Gasteiger partial charge in [0.2, 0.25) is 15.9 Å². The van der Waals surface area contributed by atoms with E-state index in [2.05, 4.69) is 5.32 Å². The molecule has 0 unspecified atom stereocenters. The fourth-order valence-electron chi connectivity index (χ4n) is 1.70. The molecule has 2 rings (SSSR count). The summed E-state index contributed by atoms with van der Waals surface area (Å²) in [6, 6.07) is 9.47. The van der Waals surface area contributed by atoms with Crippen molar-refractivity contribution in [2.24, 2.45) is 5.14 Å². The number of anilines is 1. The Bertz CT molecular complexity index is 865. The van der Waals surface area contributed by atoms with Crippen molar-refractivity contribution in [2.75, 3.05) is 5.32 Å². The molecule has 0 saturated heterocycles. The molecule has 0 aliphatic rings. The van der Waals surface area contributed by atoms with Gasteiger partial charge in [-0.25, -0.2) is 17.9 Å². The highest BCUT2D eigenvalue weighted by Crippen LogP contribution is 2.17. The number of hydrogen-bond acceptors (Lipinski definition) is 3. The van der Waals surface area contributed by atoms with E-state index in [9.17, 15) is 17.6 Å². The maximum Gasteiger partial charge on any atom is 0.248 e. The summed E-state index contributed by atoms with van der Waals surface area (Å²) in [6.45, 7) is 0. The number of nitrogens with one attached hydrogen (secondary N) is 1. The summed E-state index contributed by atoms with van der Waals surface area (Å²) >= 11 is 5.64. The van der Waals surface area contributed by atoms with Crippen LogP contribution >= 0.6 is 11.6 Å². The predicted octanol–water partition coefficient (Wildman–Crippen LogP) is 2.78. The summed E-state index contributed by atoms with van der Waals surface area (Å²) in [7, 11) is -3.77. The van der Waals surface area contributed by atoms with Crippen LogP contribution in [0.1, 0.15) is 5.56 Å². The summed E-state index contributed by atoms with van der Waals surface area (Å²) in [5.41, 5.74) is 0.973. The van der Waals surface area contributed by atoms with Gasteiger partial charge in [0.15, 0.2) is 0 Å². The fraction of sp³-hybridized carbons (Fsp3) is 0. The van der Waals surface area contributed by atoms with Crippen LogP contribution in [0.15, 0.2) is 53.4 Å². The third-order valence-corrected chi connectivity index (χ3v) is 4.04. The number of primary sulfonamides is 1. The number of nitrogens with two attached hydrogens (primary N) is 1. The molecule has 0 heterocycles. The minimum atomic E-state index is -3.77. The first-order chi connectivity index (χ1) is 10.8. The lowest BCUT2D eigenvalue weighted by Crippen LogP contribution is -2.12. The molecule has 0 spiro atoms. The van der Waals surface area contributed by atoms with Crippen LogP contribution in [0.5, 0.6) is 0 Å². The highest BCUT2D eigenvalue weighted by molar-refractivity contribution is 7.89. The van der Waals surface area contributed by atoms with Gasteiger partial charge in [-0.05, 0) is 48.0 Å². The molecule has 3 N–H and O–H groups in total. The zero-order chi connectivity index (χ0) is 17.0. The molecule has 1 amide bonds.